The Hall–Kier alpha value is -1.90. The number of hydrogen-bond acceptors (Lipinski definition) is 3. The Kier molecular flexibility index (Phi) is 5.60. The van der Waals surface area contributed by atoms with Gasteiger partial charge in [0.1, 0.15) is 0 Å². The van der Waals surface area contributed by atoms with Gasteiger partial charge in [0.25, 0.3) is 0 Å². The molecule has 0 radical (unpaired) electrons. The minimum atomic E-state index is -4.52. The normalized spacial score (nSPS) is 18.3. The number of hydrazone groups is 1. The van der Waals surface area contributed by atoms with Crippen molar-refractivity contribution in [3.05, 3.63) is 35.2 Å². The summed E-state index contributed by atoms with van der Waals surface area (Å²) >= 11 is 3.36. The summed E-state index contributed by atoms with van der Waals surface area (Å²) in [6.07, 6.45) is -2.52. The first-order valence-corrected chi connectivity index (χ1v) is 9.86. The molecule has 0 saturated carbocycles. The summed E-state index contributed by atoms with van der Waals surface area (Å²) < 4.78 is 40.7. The minimum Gasteiger partial charge on any atom is -0.273 e. The molecule has 2 aromatic rings. The van der Waals surface area contributed by atoms with Crippen LogP contribution in [0.15, 0.2) is 23.3 Å². The number of rotatable bonds is 5. The van der Waals surface area contributed by atoms with Crippen LogP contribution in [0.1, 0.15) is 43.1 Å². The average molecular weight is 445 g/mol. The molecule has 1 aliphatic rings. The third-order valence-corrected chi connectivity index (χ3v) is 5.16. The maximum Gasteiger partial charge on any atom is 0.435 e. The molecule has 0 aliphatic carbocycles. The zero-order chi connectivity index (χ0) is 19.8. The monoisotopic (exact) mass is 444 g/mol. The van der Waals surface area contributed by atoms with Crippen LogP contribution in [0.25, 0.3) is 5.52 Å². The van der Waals surface area contributed by atoms with Crippen molar-refractivity contribution >= 4 is 33.1 Å². The second-order valence-corrected chi connectivity index (χ2v) is 7.51. The van der Waals surface area contributed by atoms with E-state index in [1.54, 1.807) is 19.1 Å². The van der Waals surface area contributed by atoms with Crippen molar-refractivity contribution < 1.29 is 18.0 Å². The predicted molar refractivity (Wildman–Crippen MR) is 100.0 cm³/mol. The van der Waals surface area contributed by atoms with Gasteiger partial charge in [0.15, 0.2) is 5.69 Å². The molecule has 1 atom stereocenters. The van der Waals surface area contributed by atoms with E-state index in [1.807, 2.05) is 6.92 Å². The lowest BCUT2D eigenvalue weighted by Gasteiger charge is -2.28. The van der Waals surface area contributed by atoms with Crippen molar-refractivity contribution in [2.75, 3.05) is 11.9 Å². The minimum absolute atomic E-state index is 0.0616. The van der Waals surface area contributed by atoms with Crippen molar-refractivity contribution in [3.8, 4) is 0 Å². The fourth-order valence-corrected chi connectivity index (χ4v) is 3.55. The summed E-state index contributed by atoms with van der Waals surface area (Å²) in [6.45, 7) is 4.06. The SMILES string of the molecule is Cc1ccc(C2=NN(CCCCBr)C(=O)CC2C)c2cc(C(F)(F)F)nn12. The molecule has 0 bridgehead atoms. The number of carbonyl (C=O) groups excluding carboxylic acids is 1. The van der Waals surface area contributed by atoms with Crippen molar-refractivity contribution in [2.45, 2.75) is 39.3 Å². The van der Waals surface area contributed by atoms with Gasteiger partial charge in [-0.25, -0.2) is 9.52 Å². The van der Waals surface area contributed by atoms with Crippen LogP contribution in [0, 0.1) is 12.8 Å². The van der Waals surface area contributed by atoms with E-state index < -0.39 is 11.9 Å². The Labute approximate surface area is 163 Å². The third kappa shape index (κ3) is 4.02. The van der Waals surface area contributed by atoms with E-state index in [2.05, 4.69) is 26.1 Å². The Bertz CT molecular complexity index is 891. The van der Waals surface area contributed by atoms with Gasteiger partial charge in [-0.15, -0.1) is 0 Å². The second-order valence-electron chi connectivity index (χ2n) is 6.72. The number of pyridine rings is 1. The van der Waals surface area contributed by atoms with Gasteiger partial charge in [-0.1, -0.05) is 22.9 Å². The standard InChI is InChI=1S/C18H20BrF3N4O/c1-11-9-16(27)25(8-4-3-7-19)24-17(11)13-6-5-12(2)26-14(13)10-15(23-26)18(20,21)22/h5-6,10-11H,3-4,7-9H2,1-2H3. The molecule has 2 aromatic heterocycles. The number of alkyl halides is 4. The van der Waals surface area contributed by atoms with E-state index in [4.69, 9.17) is 0 Å². The molecule has 1 unspecified atom stereocenters. The van der Waals surface area contributed by atoms with E-state index in [1.165, 1.54) is 9.52 Å². The van der Waals surface area contributed by atoms with Crippen molar-refractivity contribution in [3.63, 3.8) is 0 Å². The maximum atomic E-state index is 13.1. The largest absolute Gasteiger partial charge is 0.435 e. The first-order valence-electron chi connectivity index (χ1n) is 8.74. The molecular weight excluding hydrogens is 425 g/mol. The summed E-state index contributed by atoms with van der Waals surface area (Å²) in [5.74, 6) is -0.242. The van der Waals surface area contributed by atoms with Gasteiger partial charge in [-0.2, -0.15) is 23.4 Å². The van der Waals surface area contributed by atoms with E-state index in [0.29, 0.717) is 29.0 Å². The zero-order valence-electron chi connectivity index (χ0n) is 15.1. The van der Waals surface area contributed by atoms with Crippen LogP contribution in [0.3, 0.4) is 0 Å². The Balaban J connectivity index is 2.07. The smallest absolute Gasteiger partial charge is 0.273 e. The number of carbonyl (C=O) groups is 1. The lowest BCUT2D eigenvalue weighted by molar-refractivity contribution is -0.141. The molecule has 146 valence electrons. The van der Waals surface area contributed by atoms with Gasteiger partial charge in [-0.05, 0) is 38.0 Å². The van der Waals surface area contributed by atoms with E-state index in [9.17, 15) is 18.0 Å². The number of fused-ring (bicyclic) bond motifs is 1. The molecule has 1 amide bonds. The molecule has 0 spiro atoms. The lowest BCUT2D eigenvalue weighted by atomic mass is 9.93. The quantitative estimate of drug-likeness (QED) is 0.506. The number of aromatic nitrogens is 2. The van der Waals surface area contributed by atoms with Crippen LogP contribution in [0.4, 0.5) is 13.2 Å². The second kappa shape index (κ2) is 7.61. The Morgan fingerprint density at radius 1 is 1.30 bits per heavy atom. The van der Waals surface area contributed by atoms with E-state index in [-0.39, 0.29) is 18.2 Å². The fourth-order valence-electron chi connectivity index (χ4n) is 3.16. The highest BCUT2D eigenvalue weighted by Crippen LogP contribution is 2.31. The summed E-state index contributed by atoms with van der Waals surface area (Å²) in [4.78, 5) is 12.3. The van der Waals surface area contributed by atoms with Crippen LogP contribution in [0.2, 0.25) is 0 Å². The molecule has 27 heavy (non-hydrogen) atoms. The number of aryl methyl sites for hydroxylation is 1. The molecule has 0 saturated heterocycles. The highest BCUT2D eigenvalue weighted by molar-refractivity contribution is 9.09. The maximum absolute atomic E-state index is 13.1. The molecule has 3 heterocycles. The van der Waals surface area contributed by atoms with Crippen molar-refractivity contribution in [2.24, 2.45) is 11.0 Å². The summed E-state index contributed by atoms with van der Waals surface area (Å²) in [7, 11) is 0. The number of amides is 1. The van der Waals surface area contributed by atoms with Gasteiger partial charge in [0.05, 0.1) is 11.2 Å². The molecule has 0 N–H and O–H groups in total. The first-order chi connectivity index (χ1) is 12.7. The van der Waals surface area contributed by atoms with Crippen LogP contribution >= 0.6 is 15.9 Å². The fraction of sp³-hybridized carbons (Fsp3) is 0.500. The van der Waals surface area contributed by atoms with E-state index in [0.717, 1.165) is 24.2 Å². The van der Waals surface area contributed by atoms with Crippen molar-refractivity contribution in [1.82, 2.24) is 14.6 Å². The summed E-state index contributed by atoms with van der Waals surface area (Å²) in [5.41, 5.74) is 1.20. The highest BCUT2D eigenvalue weighted by atomic mass is 79.9. The molecule has 3 rings (SSSR count). The number of unbranched alkanes of at least 4 members (excludes halogenated alkanes) is 1. The highest BCUT2D eigenvalue weighted by Gasteiger charge is 2.35. The van der Waals surface area contributed by atoms with Crippen LogP contribution in [-0.4, -0.2) is 38.1 Å². The van der Waals surface area contributed by atoms with Gasteiger partial charge in [-0.3, -0.25) is 4.79 Å². The average Bonchev–Trinajstić information content (AvgIpc) is 3.04. The molecule has 0 fully saturated rings. The van der Waals surface area contributed by atoms with Gasteiger partial charge >= 0.3 is 6.18 Å². The van der Waals surface area contributed by atoms with Gasteiger partial charge < -0.3 is 0 Å². The predicted octanol–water partition coefficient (Wildman–Crippen LogP) is 4.41. The zero-order valence-corrected chi connectivity index (χ0v) is 16.6. The van der Waals surface area contributed by atoms with Gasteiger partial charge in [0, 0.05) is 35.5 Å². The Morgan fingerprint density at radius 2 is 2.04 bits per heavy atom. The van der Waals surface area contributed by atoms with Crippen LogP contribution in [-0.2, 0) is 11.0 Å². The molecule has 5 nitrogen and oxygen atoms in total. The summed E-state index contributed by atoms with van der Waals surface area (Å²) in [5, 5.41) is 10.5. The number of hydrogen-bond donors (Lipinski definition) is 0. The Morgan fingerprint density at radius 3 is 2.70 bits per heavy atom. The molecule has 0 aromatic carbocycles. The first kappa shape index (κ1) is 19.9. The molecule has 9 heteroatoms. The van der Waals surface area contributed by atoms with Crippen molar-refractivity contribution in [1.29, 1.82) is 0 Å². The third-order valence-electron chi connectivity index (χ3n) is 4.59. The molecule has 1 aliphatic heterocycles. The van der Waals surface area contributed by atoms with Crippen LogP contribution < -0.4 is 0 Å². The topological polar surface area (TPSA) is 50.0 Å². The van der Waals surface area contributed by atoms with Gasteiger partial charge in [0.2, 0.25) is 5.91 Å². The van der Waals surface area contributed by atoms with E-state index >= 15 is 0 Å². The number of halogens is 4. The molecular formula is C18H20BrF3N4O. The van der Waals surface area contributed by atoms with Crippen LogP contribution in [0.5, 0.6) is 0 Å². The summed E-state index contributed by atoms with van der Waals surface area (Å²) in [6, 6.07) is 4.52. The lowest BCUT2D eigenvalue weighted by Crippen LogP contribution is -2.37. The number of nitrogens with zero attached hydrogens (tertiary/aromatic N) is 4.